The van der Waals surface area contributed by atoms with E-state index in [0.717, 1.165) is 30.5 Å². The average molecular weight is 391 g/mol. The summed E-state index contributed by atoms with van der Waals surface area (Å²) in [6.45, 7) is 8.36. The molecule has 1 amide bonds. The van der Waals surface area contributed by atoms with Crippen molar-refractivity contribution in [3.05, 3.63) is 33.2 Å². The number of hydrogen-bond acceptors (Lipinski definition) is 3. The molecule has 0 spiro atoms. The Morgan fingerprint density at radius 2 is 1.89 bits per heavy atom. The molecule has 2 atom stereocenters. The highest BCUT2D eigenvalue weighted by molar-refractivity contribution is 5.96. The molecule has 2 rings (SSSR count). The number of aromatic nitrogens is 1. The predicted molar refractivity (Wildman–Crippen MR) is 110 cm³/mol. The number of carboxylic acid groups (broad SMARTS) is 1. The standard InChI is InChI=1S/C22H34N2O4/c1-5-14(2)11-19(22(27)28)23-20(25)18-12-15(3)16(4)24(21(18)26)13-17-9-7-6-8-10-17/h12,14,17,19H,5-11,13H2,1-4H3,(H,23,25)(H,27,28). The van der Waals surface area contributed by atoms with Crippen molar-refractivity contribution in [2.75, 3.05) is 0 Å². The highest BCUT2D eigenvalue weighted by Gasteiger charge is 2.25. The fraction of sp³-hybridized carbons (Fsp3) is 0.682. The minimum absolute atomic E-state index is 0.0364. The Labute approximate surface area is 167 Å². The number of nitrogens with zero attached hydrogens (tertiary/aromatic N) is 1. The van der Waals surface area contributed by atoms with E-state index in [1.807, 2.05) is 27.7 Å². The number of pyridine rings is 1. The van der Waals surface area contributed by atoms with Crippen molar-refractivity contribution >= 4 is 11.9 Å². The molecule has 156 valence electrons. The predicted octanol–water partition coefficient (Wildman–Crippen LogP) is 3.66. The van der Waals surface area contributed by atoms with Crippen LogP contribution >= 0.6 is 0 Å². The second-order valence-corrected chi connectivity index (χ2v) is 8.36. The first-order valence-electron chi connectivity index (χ1n) is 10.5. The summed E-state index contributed by atoms with van der Waals surface area (Å²) in [5.41, 5.74) is 1.46. The first-order chi connectivity index (χ1) is 13.2. The van der Waals surface area contributed by atoms with Crippen LogP contribution in [0.3, 0.4) is 0 Å². The van der Waals surface area contributed by atoms with E-state index in [9.17, 15) is 19.5 Å². The fourth-order valence-electron chi connectivity index (χ4n) is 3.93. The first-order valence-corrected chi connectivity index (χ1v) is 10.5. The smallest absolute Gasteiger partial charge is 0.326 e. The number of aryl methyl sites for hydroxylation is 1. The molecule has 1 aromatic rings. The van der Waals surface area contributed by atoms with Gasteiger partial charge in [0.05, 0.1) is 0 Å². The van der Waals surface area contributed by atoms with E-state index in [-0.39, 0.29) is 17.0 Å². The Hall–Kier alpha value is -2.11. The van der Waals surface area contributed by atoms with Crippen LogP contribution in [-0.2, 0) is 11.3 Å². The summed E-state index contributed by atoms with van der Waals surface area (Å²) in [6, 6.07) is 0.599. The zero-order chi connectivity index (χ0) is 20.8. The second-order valence-electron chi connectivity index (χ2n) is 8.36. The molecule has 28 heavy (non-hydrogen) atoms. The van der Waals surface area contributed by atoms with E-state index in [4.69, 9.17) is 0 Å². The lowest BCUT2D eigenvalue weighted by molar-refractivity contribution is -0.139. The summed E-state index contributed by atoms with van der Waals surface area (Å²) in [5.74, 6) is -1.04. The van der Waals surface area contributed by atoms with Gasteiger partial charge in [-0.05, 0) is 56.6 Å². The molecule has 6 nitrogen and oxygen atoms in total. The van der Waals surface area contributed by atoms with Crippen LogP contribution in [0.25, 0.3) is 0 Å². The van der Waals surface area contributed by atoms with Crippen molar-refractivity contribution in [3.63, 3.8) is 0 Å². The Morgan fingerprint density at radius 1 is 1.25 bits per heavy atom. The number of carbonyl (C=O) groups excluding carboxylic acids is 1. The van der Waals surface area contributed by atoms with Crippen molar-refractivity contribution in [1.29, 1.82) is 0 Å². The Kier molecular flexibility index (Phi) is 7.84. The van der Waals surface area contributed by atoms with Gasteiger partial charge in [-0.1, -0.05) is 39.5 Å². The summed E-state index contributed by atoms with van der Waals surface area (Å²) in [4.78, 5) is 37.4. The van der Waals surface area contributed by atoms with Crippen LogP contribution in [0.4, 0.5) is 0 Å². The lowest BCUT2D eigenvalue weighted by Gasteiger charge is -2.24. The van der Waals surface area contributed by atoms with Crippen molar-refractivity contribution in [3.8, 4) is 0 Å². The molecular formula is C22H34N2O4. The first kappa shape index (κ1) is 22.2. The molecule has 1 aliphatic rings. The van der Waals surface area contributed by atoms with Crippen LogP contribution in [-0.4, -0.2) is 27.6 Å². The van der Waals surface area contributed by atoms with E-state index < -0.39 is 17.9 Å². The normalized spacial score (nSPS) is 17.1. The molecule has 0 saturated heterocycles. The van der Waals surface area contributed by atoms with E-state index in [0.29, 0.717) is 18.9 Å². The third-order valence-corrected chi connectivity index (χ3v) is 6.16. The van der Waals surface area contributed by atoms with Crippen molar-refractivity contribution < 1.29 is 14.7 Å². The monoisotopic (exact) mass is 390 g/mol. The third kappa shape index (κ3) is 5.46. The van der Waals surface area contributed by atoms with Crippen molar-refractivity contribution in [2.24, 2.45) is 11.8 Å². The zero-order valence-corrected chi connectivity index (χ0v) is 17.6. The van der Waals surface area contributed by atoms with Gasteiger partial charge in [0.1, 0.15) is 11.6 Å². The van der Waals surface area contributed by atoms with Crippen molar-refractivity contribution in [1.82, 2.24) is 9.88 Å². The van der Waals surface area contributed by atoms with Crippen LogP contribution in [0.15, 0.2) is 10.9 Å². The van der Waals surface area contributed by atoms with Gasteiger partial charge in [0, 0.05) is 12.2 Å². The second kappa shape index (κ2) is 9.89. The van der Waals surface area contributed by atoms with Crippen LogP contribution in [0.2, 0.25) is 0 Å². The van der Waals surface area contributed by atoms with E-state index >= 15 is 0 Å². The Morgan fingerprint density at radius 3 is 2.46 bits per heavy atom. The van der Waals surface area contributed by atoms with Gasteiger partial charge in [0.2, 0.25) is 0 Å². The molecule has 0 bridgehead atoms. The maximum Gasteiger partial charge on any atom is 0.326 e. The largest absolute Gasteiger partial charge is 0.480 e. The topological polar surface area (TPSA) is 88.4 Å². The SMILES string of the molecule is CCC(C)CC(NC(=O)c1cc(C)c(C)n(CC2CCCCC2)c1=O)C(=O)O. The van der Waals surface area contributed by atoms with Gasteiger partial charge < -0.3 is 15.0 Å². The van der Waals surface area contributed by atoms with E-state index in [1.165, 1.54) is 19.3 Å². The minimum atomic E-state index is -1.07. The molecular weight excluding hydrogens is 356 g/mol. The van der Waals surface area contributed by atoms with Gasteiger partial charge in [-0.15, -0.1) is 0 Å². The van der Waals surface area contributed by atoms with Gasteiger partial charge in [-0.2, -0.15) is 0 Å². The number of nitrogens with one attached hydrogen (secondary N) is 1. The minimum Gasteiger partial charge on any atom is -0.480 e. The van der Waals surface area contributed by atoms with Gasteiger partial charge in [0.25, 0.3) is 11.5 Å². The van der Waals surface area contributed by atoms with Crippen LogP contribution in [0, 0.1) is 25.7 Å². The van der Waals surface area contributed by atoms with Gasteiger partial charge in [-0.3, -0.25) is 9.59 Å². The van der Waals surface area contributed by atoms with Gasteiger partial charge in [-0.25, -0.2) is 4.79 Å². The highest BCUT2D eigenvalue weighted by Crippen LogP contribution is 2.25. The lowest BCUT2D eigenvalue weighted by Crippen LogP contribution is -2.44. The number of rotatable bonds is 8. The van der Waals surface area contributed by atoms with Crippen LogP contribution in [0.5, 0.6) is 0 Å². The fourth-order valence-corrected chi connectivity index (χ4v) is 3.93. The number of carbonyl (C=O) groups is 2. The molecule has 0 aliphatic heterocycles. The summed E-state index contributed by atoms with van der Waals surface area (Å²) in [5, 5.41) is 12.0. The summed E-state index contributed by atoms with van der Waals surface area (Å²) in [7, 11) is 0. The maximum atomic E-state index is 13.0. The molecule has 1 aliphatic carbocycles. The molecule has 1 heterocycles. The molecule has 0 radical (unpaired) electrons. The molecule has 1 fully saturated rings. The average Bonchev–Trinajstić information content (AvgIpc) is 2.67. The highest BCUT2D eigenvalue weighted by atomic mass is 16.4. The summed E-state index contributed by atoms with van der Waals surface area (Å²) >= 11 is 0. The molecule has 2 unspecified atom stereocenters. The van der Waals surface area contributed by atoms with Crippen LogP contribution < -0.4 is 10.9 Å². The molecule has 1 saturated carbocycles. The molecule has 0 aromatic carbocycles. The van der Waals surface area contributed by atoms with E-state index in [1.54, 1.807) is 10.6 Å². The number of amides is 1. The van der Waals surface area contributed by atoms with E-state index in [2.05, 4.69) is 5.32 Å². The zero-order valence-electron chi connectivity index (χ0n) is 17.6. The lowest BCUT2D eigenvalue weighted by atomic mass is 9.89. The summed E-state index contributed by atoms with van der Waals surface area (Å²) < 4.78 is 1.71. The Bertz CT molecular complexity index is 763. The molecule has 2 N–H and O–H groups in total. The molecule has 6 heteroatoms. The maximum absolute atomic E-state index is 13.0. The van der Waals surface area contributed by atoms with Crippen molar-refractivity contribution in [2.45, 2.75) is 85.2 Å². The van der Waals surface area contributed by atoms with Crippen LogP contribution in [0.1, 0.15) is 80.4 Å². The third-order valence-electron chi connectivity index (χ3n) is 6.16. The number of aliphatic carboxylic acids is 1. The van der Waals surface area contributed by atoms with Gasteiger partial charge in [0.15, 0.2) is 0 Å². The molecule has 1 aromatic heterocycles. The summed E-state index contributed by atoms with van der Waals surface area (Å²) in [6.07, 6.45) is 7.02. The van der Waals surface area contributed by atoms with Gasteiger partial charge >= 0.3 is 5.97 Å². The number of carboxylic acids is 1. The number of hydrogen-bond donors (Lipinski definition) is 2. The Balaban J connectivity index is 2.27. The quantitative estimate of drug-likeness (QED) is 0.709.